The van der Waals surface area contributed by atoms with E-state index in [0.717, 1.165) is 43.6 Å². The van der Waals surface area contributed by atoms with E-state index in [-0.39, 0.29) is 5.97 Å². The van der Waals surface area contributed by atoms with Crippen LogP contribution in [-0.2, 0) is 9.53 Å². The van der Waals surface area contributed by atoms with Crippen LogP contribution in [0.25, 0.3) is 0 Å². The maximum Gasteiger partial charge on any atom is 0.340 e. The number of hydrogen-bond acceptors (Lipinski definition) is 7. The predicted octanol–water partition coefficient (Wildman–Crippen LogP) is 4.89. The normalized spacial score (nSPS) is 14.0. The van der Waals surface area contributed by atoms with Crippen molar-refractivity contribution in [2.75, 3.05) is 32.6 Å². The summed E-state index contributed by atoms with van der Waals surface area (Å²) < 4.78 is 6.91. The van der Waals surface area contributed by atoms with Gasteiger partial charge in [0, 0.05) is 11.8 Å². The van der Waals surface area contributed by atoms with Crippen LogP contribution < -0.4 is 5.32 Å². The molecule has 1 N–H and O–H groups in total. The van der Waals surface area contributed by atoms with Crippen molar-refractivity contribution < 1.29 is 14.3 Å². The number of aldehydes is 1. The molecule has 2 aromatic rings. The molecule has 184 valence electrons. The summed E-state index contributed by atoms with van der Waals surface area (Å²) in [5.41, 5.74) is 3.57. The summed E-state index contributed by atoms with van der Waals surface area (Å²) in [7, 11) is 3.52. The van der Waals surface area contributed by atoms with Crippen LogP contribution in [0.3, 0.4) is 0 Å². The first kappa shape index (κ1) is 28.5. The van der Waals surface area contributed by atoms with Crippen LogP contribution in [0.4, 0.5) is 11.4 Å². The van der Waals surface area contributed by atoms with Crippen LogP contribution in [0.1, 0.15) is 48.8 Å². The molecule has 0 aliphatic carbocycles. The quantitative estimate of drug-likeness (QED) is 0.268. The molecule has 8 nitrogen and oxygen atoms in total. The number of hydrogen-bond donors (Lipinski definition) is 1. The Balaban J connectivity index is 0.000000493. The molecule has 0 aromatic carbocycles. The summed E-state index contributed by atoms with van der Waals surface area (Å²) in [6.07, 6.45) is 12.6. The van der Waals surface area contributed by atoms with E-state index in [1.807, 2.05) is 27.0 Å². The molecule has 0 radical (unpaired) electrons. The van der Waals surface area contributed by atoms with Crippen molar-refractivity contribution in [3.8, 4) is 0 Å². The lowest BCUT2D eigenvalue weighted by molar-refractivity contribution is -0.104. The number of aromatic nitrogens is 3. The number of esters is 1. The van der Waals surface area contributed by atoms with Gasteiger partial charge in [0.15, 0.2) is 0 Å². The van der Waals surface area contributed by atoms with Gasteiger partial charge in [0.25, 0.3) is 0 Å². The largest absolute Gasteiger partial charge is 0.465 e. The van der Waals surface area contributed by atoms with Crippen molar-refractivity contribution in [1.82, 2.24) is 19.7 Å². The lowest BCUT2D eigenvalue weighted by atomic mass is 10.1. The van der Waals surface area contributed by atoms with Crippen molar-refractivity contribution in [2.24, 2.45) is 0 Å². The van der Waals surface area contributed by atoms with Crippen LogP contribution in [0.15, 0.2) is 61.6 Å². The lowest BCUT2D eigenvalue weighted by Gasteiger charge is -2.29. The number of anilines is 2. The number of methoxy groups -OCH3 is 1. The summed E-state index contributed by atoms with van der Waals surface area (Å²) >= 11 is 0. The fraction of sp³-hybridized carbons (Fsp3) is 0.385. The molecule has 1 aliphatic rings. The molecule has 0 bridgehead atoms. The molecular formula is C26H37N5O3. The van der Waals surface area contributed by atoms with Gasteiger partial charge in [0.2, 0.25) is 0 Å². The highest BCUT2D eigenvalue weighted by Crippen LogP contribution is 2.28. The molecule has 0 atom stereocenters. The van der Waals surface area contributed by atoms with Gasteiger partial charge in [-0.05, 0) is 46.0 Å². The molecule has 3 rings (SSSR count). The van der Waals surface area contributed by atoms with Crippen molar-refractivity contribution in [1.29, 1.82) is 0 Å². The van der Waals surface area contributed by atoms with Crippen molar-refractivity contribution >= 4 is 23.6 Å². The number of nitrogens with one attached hydrogen (secondary N) is 1. The van der Waals surface area contributed by atoms with Gasteiger partial charge in [-0.3, -0.25) is 14.5 Å². The van der Waals surface area contributed by atoms with Crippen LogP contribution in [0.2, 0.25) is 0 Å². The third-order valence-corrected chi connectivity index (χ3v) is 5.26. The lowest BCUT2D eigenvalue weighted by Crippen LogP contribution is -2.32. The molecule has 2 aromatic heterocycles. The fourth-order valence-electron chi connectivity index (χ4n) is 3.37. The van der Waals surface area contributed by atoms with Crippen molar-refractivity contribution in [3.63, 3.8) is 0 Å². The number of pyridine rings is 1. The molecule has 3 heterocycles. The fourth-order valence-corrected chi connectivity index (χ4v) is 3.37. The summed E-state index contributed by atoms with van der Waals surface area (Å²) in [6, 6.07) is 2.07. The number of rotatable bonds is 7. The maximum absolute atomic E-state index is 11.9. The van der Waals surface area contributed by atoms with Crippen LogP contribution >= 0.6 is 0 Å². The smallest absolute Gasteiger partial charge is 0.340 e. The Morgan fingerprint density at radius 1 is 1.21 bits per heavy atom. The van der Waals surface area contributed by atoms with Gasteiger partial charge < -0.3 is 15.0 Å². The van der Waals surface area contributed by atoms with E-state index < -0.39 is 0 Å². The molecule has 0 unspecified atom stereocenters. The third-order valence-electron chi connectivity index (χ3n) is 5.26. The van der Waals surface area contributed by atoms with E-state index in [2.05, 4.69) is 45.2 Å². The topological polar surface area (TPSA) is 89.4 Å². The van der Waals surface area contributed by atoms with Crippen molar-refractivity contribution in [3.05, 3.63) is 72.9 Å². The molecular weight excluding hydrogens is 430 g/mol. The van der Waals surface area contributed by atoms with Crippen molar-refractivity contribution in [2.45, 2.75) is 39.7 Å². The Kier molecular flexibility index (Phi) is 12.9. The molecule has 0 saturated carbocycles. The van der Waals surface area contributed by atoms with E-state index in [1.54, 1.807) is 30.6 Å². The first-order valence-electron chi connectivity index (χ1n) is 11.4. The molecule has 1 fully saturated rings. The Morgan fingerprint density at radius 2 is 1.88 bits per heavy atom. The van der Waals surface area contributed by atoms with Crippen LogP contribution in [0, 0.1) is 6.92 Å². The predicted molar refractivity (Wildman–Crippen MR) is 137 cm³/mol. The minimum atomic E-state index is -0.389. The average molecular weight is 468 g/mol. The van der Waals surface area contributed by atoms with E-state index in [1.165, 1.54) is 13.2 Å². The molecule has 0 amide bonds. The first-order chi connectivity index (χ1) is 16.4. The molecule has 0 spiro atoms. The molecule has 1 saturated heterocycles. The number of nitrogens with zero attached hydrogens (tertiary/aromatic N) is 4. The summed E-state index contributed by atoms with van der Waals surface area (Å²) in [5.74, 6) is -0.389. The van der Waals surface area contributed by atoms with Gasteiger partial charge in [-0.25, -0.2) is 4.79 Å². The second-order valence-electron chi connectivity index (χ2n) is 7.38. The summed E-state index contributed by atoms with van der Waals surface area (Å²) in [5, 5.41) is 7.82. The second kappa shape index (κ2) is 15.3. The van der Waals surface area contributed by atoms with E-state index >= 15 is 0 Å². The van der Waals surface area contributed by atoms with Crippen LogP contribution in [-0.4, -0.2) is 59.2 Å². The van der Waals surface area contributed by atoms with E-state index in [9.17, 15) is 9.59 Å². The Bertz CT molecular complexity index is 963. The number of carbonyl (C=O) groups excluding carboxylic acids is 2. The first-order valence-corrected chi connectivity index (χ1v) is 11.4. The minimum absolute atomic E-state index is 0.389. The van der Waals surface area contributed by atoms with Gasteiger partial charge in [-0.15, -0.1) is 0 Å². The summed E-state index contributed by atoms with van der Waals surface area (Å²) in [6.45, 7) is 15.0. The molecule has 1 aliphatic heterocycles. The van der Waals surface area contributed by atoms with Gasteiger partial charge in [0.1, 0.15) is 6.29 Å². The average Bonchev–Trinajstić information content (AvgIpc) is 3.24. The highest BCUT2D eigenvalue weighted by Gasteiger charge is 2.22. The number of carbonyl (C=O) groups is 2. The Labute approximate surface area is 203 Å². The Morgan fingerprint density at radius 3 is 2.41 bits per heavy atom. The zero-order chi connectivity index (χ0) is 25.5. The maximum atomic E-state index is 11.9. The standard InChI is InChI=1S/C17H23N5O2.C7H8O.C2H6/c1-12-15(11-19-22(12)13-5-8-21(2)9-6-13)20-16-10-18-7-4-14(16)17(23)24-3;1-3-5-7(4-2)6-8;1-2/h4,7,10-11,13,20H,5-6,8-9H2,1-3H3;3-6H,1-2H2;1-2H3/b;7-5+;. The number of likely N-dealkylation sites (tertiary alicyclic amines) is 1. The van der Waals surface area contributed by atoms with Gasteiger partial charge in [-0.2, -0.15) is 5.10 Å². The molecule has 34 heavy (non-hydrogen) atoms. The minimum Gasteiger partial charge on any atom is -0.465 e. The second-order valence-corrected chi connectivity index (χ2v) is 7.38. The number of piperidine rings is 1. The number of allylic oxidation sites excluding steroid dienone is 4. The van der Waals surface area contributed by atoms with Gasteiger partial charge >= 0.3 is 5.97 Å². The van der Waals surface area contributed by atoms with Gasteiger partial charge in [0.05, 0.1) is 48.2 Å². The number of ether oxygens (including phenoxy) is 1. The van der Waals surface area contributed by atoms with Gasteiger partial charge in [-0.1, -0.05) is 45.2 Å². The zero-order valence-corrected chi connectivity index (χ0v) is 21.0. The Hall–Kier alpha value is -3.52. The third kappa shape index (κ3) is 8.12. The van der Waals surface area contributed by atoms with E-state index in [0.29, 0.717) is 22.9 Å². The highest BCUT2D eigenvalue weighted by molar-refractivity contribution is 5.96. The zero-order valence-electron chi connectivity index (χ0n) is 21.0. The monoisotopic (exact) mass is 467 g/mol. The SMILES string of the molecule is C=C/C=C(\C=C)C=O.CC.COC(=O)c1ccncc1Nc1cnn(C2CCN(C)CC2)c1C. The highest BCUT2D eigenvalue weighted by atomic mass is 16.5. The summed E-state index contributed by atoms with van der Waals surface area (Å²) in [4.78, 5) is 28.2. The molecule has 8 heteroatoms. The van der Waals surface area contributed by atoms with E-state index in [4.69, 9.17) is 4.74 Å². The van der Waals surface area contributed by atoms with Crippen LogP contribution in [0.5, 0.6) is 0 Å².